The van der Waals surface area contributed by atoms with Crippen molar-refractivity contribution >= 4 is 79.7 Å². The van der Waals surface area contributed by atoms with E-state index < -0.39 is 0 Å². The molecule has 2 aliphatic carbocycles. The van der Waals surface area contributed by atoms with E-state index in [4.69, 9.17) is 9.98 Å². The average Bonchev–Trinajstić information content (AvgIpc) is 3.29. The molecule has 300 valence electrons. The second kappa shape index (κ2) is 20.0. The lowest BCUT2D eigenvalue weighted by molar-refractivity contribution is 1.43. The molecule has 0 saturated heterocycles. The minimum absolute atomic E-state index is 0. The fourth-order valence-corrected chi connectivity index (χ4v) is 6.05. The van der Waals surface area contributed by atoms with Crippen molar-refractivity contribution in [1.29, 1.82) is 0 Å². The molecule has 0 spiro atoms. The molecule has 6 aromatic carbocycles. The second-order valence-electron chi connectivity index (χ2n) is 14.1. The van der Waals surface area contributed by atoms with Crippen molar-refractivity contribution in [2.45, 2.75) is 13.8 Å². The molecule has 0 saturated carbocycles. The lowest BCUT2D eigenvalue weighted by Crippen LogP contribution is -1.99. The van der Waals surface area contributed by atoms with Gasteiger partial charge in [0.15, 0.2) is 0 Å². The van der Waals surface area contributed by atoms with Crippen LogP contribution in [0.1, 0.15) is 14.0 Å². The second-order valence-corrected chi connectivity index (χ2v) is 14.1. The molecule has 8 rings (SSSR count). The summed E-state index contributed by atoms with van der Waals surface area (Å²) in [4.78, 5) is 18.7. The van der Waals surface area contributed by atoms with Crippen LogP contribution < -0.4 is 21.3 Å². The number of nitrogens with one attached hydrogen (secondary N) is 4. The molecular weight excluding hydrogens is 737 g/mol. The predicted octanol–water partition coefficient (Wildman–Crippen LogP) is 14.0. The van der Waals surface area contributed by atoms with Crippen LogP contribution in [0.4, 0.5) is 56.9 Å². The smallest absolute Gasteiger partial charge is 0.0638 e. The number of benzene rings is 6. The zero-order valence-corrected chi connectivity index (χ0v) is 34.3. The van der Waals surface area contributed by atoms with Gasteiger partial charge in [-0.05, 0) is 184 Å². The van der Waals surface area contributed by atoms with Gasteiger partial charge in [-0.25, -0.2) is 20.0 Å². The van der Waals surface area contributed by atoms with Gasteiger partial charge in [-0.2, -0.15) is 0 Å². The maximum absolute atomic E-state index is 4.69. The van der Waals surface area contributed by atoms with Gasteiger partial charge in [-0.3, -0.25) is 0 Å². The zero-order valence-electron chi connectivity index (χ0n) is 34.3. The summed E-state index contributed by atoms with van der Waals surface area (Å²) < 4.78 is 0. The van der Waals surface area contributed by atoms with Gasteiger partial charge in [-0.15, -0.1) is 0 Å². The van der Waals surface area contributed by atoms with Crippen LogP contribution in [0.3, 0.4) is 0 Å². The first kappa shape index (κ1) is 40.4. The lowest BCUT2D eigenvalue weighted by atomic mass is 10.1. The number of anilines is 6. The van der Waals surface area contributed by atoms with E-state index in [1.165, 1.54) is 11.1 Å². The molecule has 0 atom stereocenters. The topological polar surface area (TPSA) is 97.6 Å². The summed E-state index contributed by atoms with van der Waals surface area (Å²) in [6, 6.07) is 48.9. The first-order chi connectivity index (χ1) is 29.3. The maximum atomic E-state index is 4.69. The molecule has 0 radical (unpaired) electrons. The molecule has 60 heavy (non-hydrogen) atoms. The van der Waals surface area contributed by atoms with E-state index in [9.17, 15) is 0 Å². The number of hydrogen-bond acceptors (Lipinski definition) is 8. The SMILES string of the molecule is CNc1ccc(Nc2ccc(N=C3C=CC(=Nc4ccc(C)cc4)C=C3)cc2)cc1.CNc1ccc(Nc2ccc(N=C3C=CC(=Nc4ccc(C)cc4)C=C3)cc2)cc1.[HH].[HH]. The van der Waals surface area contributed by atoms with Crippen LogP contribution in [0.25, 0.3) is 0 Å². The number of hydrogen-bond donors (Lipinski definition) is 4. The number of aliphatic imine (C=N–C) groups is 4. The standard InChI is InChI=1S/2C26H24N4.2H2/c2*1-19-3-5-21(6-4-19)28-23-11-13-25(14-12-23)30-26-17-15-24(16-18-26)29-22-9-7-20(27-2)8-10-22;;/h2*3-18,27,29H,1-2H3;2*1H. The van der Waals surface area contributed by atoms with Crippen molar-refractivity contribution in [1.82, 2.24) is 0 Å². The van der Waals surface area contributed by atoms with E-state index in [0.29, 0.717) is 0 Å². The maximum Gasteiger partial charge on any atom is 0.0638 e. The Balaban J connectivity index is 0.000000227. The molecule has 8 heteroatoms. The molecule has 0 bridgehead atoms. The van der Waals surface area contributed by atoms with Gasteiger partial charge in [0.2, 0.25) is 0 Å². The van der Waals surface area contributed by atoms with Crippen LogP contribution in [0.2, 0.25) is 0 Å². The van der Waals surface area contributed by atoms with Crippen LogP contribution in [0.5, 0.6) is 0 Å². The van der Waals surface area contributed by atoms with E-state index >= 15 is 0 Å². The summed E-state index contributed by atoms with van der Waals surface area (Å²) >= 11 is 0. The third-order valence-corrected chi connectivity index (χ3v) is 9.46. The Morgan fingerprint density at radius 1 is 0.283 bits per heavy atom. The normalized spacial score (nSPS) is 12.6. The average molecular weight is 789 g/mol. The van der Waals surface area contributed by atoms with Gasteiger partial charge < -0.3 is 21.3 Å². The lowest BCUT2D eigenvalue weighted by Gasteiger charge is -2.08. The molecule has 2 aliphatic rings. The highest BCUT2D eigenvalue weighted by Gasteiger charge is 2.04. The summed E-state index contributed by atoms with van der Waals surface area (Å²) in [6.45, 7) is 4.15. The Bertz CT molecular complexity index is 2400. The summed E-state index contributed by atoms with van der Waals surface area (Å²) in [5.41, 5.74) is 16.2. The molecule has 0 heterocycles. The van der Waals surface area contributed by atoms with Crippen molar-refractivity contribution in [3.05, 3.63) is 205 Å². The highest BCUT2D eigenvalue weighted by atomic mass is 14.9. The van der Waals surface area contributed by atoms with Crippen LogP contribution in [-0.4, -0.2) is 36.9 Å². The Morgan fingerprint density at radius 3 is 0.717 bits per heavy atom. The van der Waals surface area contributed by atoms with Gasteiger partial charge in [0.25, 0.3) is 0 Å². The number of aryl methyl sites for hydroxylation is 2. The Hall–Kier alpha value is -7.84. The largest absolute Gasteiger partial charge is 0.388 e. The summed E-state index contributed by atoms with van der Waals surface area (Å²) in [5, 5.41) is 13.0. The number of rotatable bonds is 10. The molecule has 4 N–H and O–H groups in total. The molecule has 0 amide bonds. The van der Waals surface area contributed by atoms with Crippen LogP contribution in [0.15, 0.2) is 214 Å². The van der Waals surface area contributed by atoms with Gasteiger partial charge in [-0.1, -0.05) is 35.4 Å². The molecular formula is C52H52N8. The Morgan fingerprint density at radius 2 is 0.483 bits per heavy atom. The monoisotopic (exact) mass is 788 g/mol. The van der Waals surface area contributed by atoms with Crippen LogP contribution in [0, 0.1) is 13.8 Å². The van der Waals surface area contributed by atoms with E-state index in [2.05, 4.69) is 69.4 Å². The number of allylic oxidation sites excluding steroid dienone is 8. The van der Waals surface area contributed by atoms with Crippen LogP contribution >= 0.6 is 0 Å². The Kier molecular flexibility index (Phi) is 13.5. The fourth-order valence-electron chi connectivity index (χ4n) is 6.05. The van der Waals surface area contributed by atoms with E-state index in [1.807, 2.05) is 184 Å². The third kappa shape index (κ3) is 12.1. The zero-order chi connectivity index (χ0) is 41.5. The van der Waals surface area contributed by atoms with Crippen molar-refractivity contribution in [3.63, 3.8) is 0 Å². The molecule has 0 aliphatic heterocycles. The van der Waals surface area contributed by atoms with E-state index in [0.717, 1.165) is 79.7 Å². The Labute approximate surface area is 356 Å². The fraction of sp³-hybridized carbons (Fsp3) is 0.0769. The first-order valence-corrected chi connectivity index (χ1v) is 19.9. The van der Waals surface area contributed by atoms with Gasteiger partial charge >= 0.3 is 0 Å². The van der Waals surface area contributed by atoms with E-state index in [1.54, 1.807) is 0 Å². The van der Waals surface area contributed by atoms with Gasteiger partial charge in [0, 0.05) is 51.1 Å². The van der Waals surface area contributed by atoms with Crippen molar-refractivity contribution in [2.75, 3.05) is 35.4 Å². The molecule has 0 aromatic heterocycles. The van der Waals surface area contributed by atoms with Crippen molar-refractivity contribution in [2.24, 2.45) is 20.0 Å². The van der Waals surface area contributed by atoms with Crippen molar-refractivity contribution in [3.8, 4) is 0 Å². The highest BCUT2D eigenvalue weighted by molar-refractivity contribution is 6.20. The third-order valence-electron chi connectivity index (χ3n) is 9.46. The minimum atomic E-state index is 0. The summed E-state index contributed by atoms with van der Waals surface area (Å²) in [7, 11) is 3.83. The molecule has 0 unspecified atom stereocenters. The quantitative estimate of drug-likeness (QED) is 0.104. The van der Waals surface area contributed by atoms with Crippen LogP contribution in [-0.2, 0) is 0 Å². The number of nitrogens with zero attached hydrogens (tertiary/aromatic N) is 4. The van der Waals surface area contributed by atoms with Crippen molar-refractivity contribution < 1.29 is 2.85 Å². The molecule has 6 aromatic rings. The van der Waals surface area contributed by atoms with Gasteiger partial charge in [0.05, 0.1) is 45.6 Å². The predicted molar refractivity (Wildman–Crippen MR) is 263 cm³/mol. The first-order valence-electron chi connectivity index (χ1n) is 19.9. The highest BCUT2D eigenvalue weighted by Crippen LogP contribution is 2.24. The molecule has 8 nitrogen and oxygen atoms in total. The summed E-state index contributed by atoms with van der Waals surface area (Å²) in [5.74, 6) is 0. The van der Waals surface area contributed by atoms with Gasteiger partial charge in [0.1, 0.15) is 0 Å². The van der Waals surface area contributed by atoms with E-state index in [-0.39, 0.29) is 2.85 Å². The minimum Gasteiger partial charge on any atom is -0.388 e. The summed E-state index contributed by atoms with van der Waals surface area (Å²) in [6.07, 6.45) is 15.9. The molecule has 0 fully saturated rings.